The number of hydrogen-bond acceptors (Lipinski definition) is 4. The predicted molar refractivity (Wildman–Crippen MR) is 86.4 cm³/mol. The van der Waals surface area contributed by atoms with E-state index in [1.807, 2.05) is 17.5 Å². The van der Waals surface area contributed by atoms with E-state index in [1.54, 1.807) is 17.0 Å². The molecule has 2 amide bonds. The number of furan rings is 1. The van der Waals surface area contributed by atoms with Crippen LogP contribution < -0.4 is 5.32 Å². The van der Waals surface area contributed by atoms with E-state index in [2.05, 4.69) is 5.32 Å². The molecule has 1 aliphatic heterocycles. The van der Waals surface area contributed by atoms with Gasteiger partial charge < -0.3 is 14.6 Å². The number of thiophene rings is 1. The molecule has 120 valence electrons. The number of carbonyl (C=O) groups excluding carboxylic acids is 2. The number of amides is 2. The Labute approximate surface area is 138 Å². The highest BCUT2D eigenvalue weighted by Gasteiger charge is 2.44. The van der Waals surface area contributed by atoms with Crippen LogP contribution in [0.2, 0.25) is 0 Å². The van der Waals surface area contributed by atoms with Crippen LogP contribution >= 0.6 is 11.3 Å². The highest BCUT2D eigenvalue weighted by Crippen LogP contribution is 2.41. The summed E-state index contributed by atoms with van der Waals surface area (Å²) in [4.78, 5) is 27.3. The molecule has 6 heteroatoms. The molecule has 2 aromatic heterocycles. The quantitative estimate of drug-likeness (QED) is 0.937. The predicted octanol–water partition coefficient (Wildman–Crippen LogP) is 2.62. The number of carbonyl (C=O) groups is 2. The maximum atomic E-state index is 12.5. The Kier molecular flexibility index (Phi) is 3.69. The van der Waals surface area contributed by atoms with Crippen molar-refractivity contribution >= 4 is 23.2 Å². The van der Waals surface area contributed by atoms with Gasteiger partial charge in [-0.05, 0) is 42.3 Å². The van der Waals surface area contributed by atoms with Gasteiger partial charge in [-0.1, -0.05) is 6.07 Å². The van der Waals surface area contributed by atoms with Crippen molar-refractivity contribution in [2.45, 2.75) is 18.9 Å². The average molecular weight is 330 g/mol. The van der Waals surface area contributed by atoms with Gasteiger partial charge in [0.15, 0.2) is 5.76 Å². The van der Waals surface area contributed by atoms with Gasteiger partial charge in [-0.2, -0.15) is 0 Å². The third-order valence-electron chi connectivity index (χ3n) is 4.67. The Morgan fingerprint density at radius 2 is 2.09 bits per heavy atom. The van der Waals surface area contributed by atoms with Gasteiger partial charge in [-0.25, -0.2) is 0 Å². The summed E-state index contributed by atoms with van der Waals surface area (Å²) in [6, 6.07) is 7.13. The first kappa shape index (κ1) is 14.5. The van der Waals surface area contributed by atoms with Crippen molar-refractivity contribution in [3.63, 3.8) is 0 Å². The zero-order valence-electron chi connectivity index (χ0n) is 12.6. The first-order valence-electron chi connectivity index (χ1n) is 7.89. The van der Waals surface area contributed by atoms with E-state index in [9.17, 15) is 9.59 Å². The van der Waals surface area contributed by atoms with Gasteiger partial charge in [0.05, 0.1) is 17.2 Å². The lowest BCUT2D eigenvalue weighted by atomic mass is 9.98. The molecule has 1 aliphatic carbocycles. The molecule has 0 radical (unpaired) electrons. The first-order chi connectivity index (χ1) is 11.2. The Morgan fingerprint density at radius 1 is 1.22 bits per heavy atom. The van der Waals surface area contributed by atoms with E-state index in [-0.39, 0.29) is 17.9 Å². The molecule has 0 spiro atoms. The fraction of sp³-hybridized carbons (Fsp3) is 0.412. The lowest BCUT2D eigenvalue weighted by Crippen LogP contribution is -2.41. The van der Waals surface area contributed by atoms with Gasteiger partial charge in [0.1, 0.15) is 0 Å². The molecule has 2 atom stereocenters. The van der Waals surface area contributed by atoms with E-state index in [4.69, 9.17) is 4.42 Å². The smallest absolute Gasteiger partial charge is 0.289 e. The van der Waals surface area contributed by atoms with Crippen LogP contribution in [0.15, 0.2) is 40.3 Å². The van der Waals surface area contributed by atoms with Crippen LogP contribution in [0.1, 0.15) is 33.1 Å². The minimum Gasteiger partial charge on any atom is -0.459 e. The SMILES string of the molecule is O=C(N[C@@H]1CN(C(=O)c2ccco2)C[C@H]1C1CC1)c1cccs1. The van der Waals surface area contributed by atoms with Gasteiger partial charge in [0.25, 0.3) is 11.8 Å². The van der Waals surface area contributed by atoms with Gasteiger partial charge in [0, 0.05) is 19.0 Å². The van der Waals surface area contributed by atoms with E-state index < -0.39 is 0 Å². The number of likely N-dealkylation sites (tertiary alicyclic amines) is 1. The number of nitrogens with zero attached hydrogens (tertiary/aromatic N) is 1. The van der Waals surface area contributed by atoms with E-state index in [1.165, 1.54) is 30.4 Å². The molecule has 1 N–H and O–H groups in total. The first-order valence-corrected chi connectivity index (χ1v) is 8.77. The maximum Gasteiger partial charge on any atom is 0.289 e. The summed E-state index contributed by atoms with van der Waals surface area (Å²) in [6.07, 6.45) is 3.90. The van der Waals surface area contributed by atoms with Crippen LogP contribution in [0.5, 0.6) is 0 Å². The summed E-state index contributed by atoms with van der Waals surface area (Å²) in [5.41, 5.74) is 0. The zero-order chi connectivity index (χ0) is 15.8. The van der Waals surface area contributed by atoms with Gasteiger partial charge in [-0.15, -0.1) is 11.3 Å². The summed E-state index contributed by atoms with van der Waals surface area (Å²) in [5.74, 6) is 1.21. The Morgan fingerprint density at radius 3 is 2.74 bits per heavy atom. The molecular formula is C17H18N2O3S. The van der Waals surface area contributed by atoms with Crippen molar-refractivity contribution < 1.29 is 14.0 Å². The zero-order valence-corrected chi connectivity index (χ0v) is 13.4. The van der Waals surface area contributed by atoms with Crippen LogP contribution in [0, 0.1) is 11.8 Å². The van der Waals surface area contributed by atoms with Crippen molar-refractivity contribution in [1.29, 1.82) is 0 Å². The summed E-state index contributed by atoms with van der Waals surface area (Å²) in [6.45, 7) is 1.25. The summed E-state index contributed by atoms with van der Waals surface area (Å²) >= 11 is 1.44. The van der Waals surface area contributed by atoms with Crippen molar-refractivity contribution in [1.82, 2.24) is 10.2 Å². The molecule has 2 aliphatic rings. The third kappa shape index (κ3) is 2.91. The molecule has 0 unspecified atom stereocenters. The molecule has 2 fully saturated rings. The Hall–Kier alpha value is -2.08. The Bertz CT molecular complexity index is 692. The summed E-state index contributed by atoms with van der Waals surface area (Å²) in [5, 5.41) is 5.03. The van der Waals surface area contributed by atoms with Gasteiger partial charge in [0.2, 0.25) is 0 Å². The molecule has 2 aromatic rings. The van der Waals surface area contributed by atoms with Crippen molar-refractivity contribution in [3.05, 3.63) is 46.5 Å². The molecule has 23 heavy (non-hydrogen) atoms. The second-order valence-corrected chi connectivity index (χ2v) is 7.19. The highest BCUT2D eigenvalue weighted by atomic mass is 32.1. The normalized spacial score (nSPS) is 23.9. The average Bonchev–Trinajstić information content (AvgIpc) is 3.05. The standard InChI is InChI=1S/C17H18N2O3S/c20-16(15-4-2-8-23-15)18-13-10-19(9-12(13)11-5-6-11)17(21)14-3-1-7-22-14/h1-4,7-8,11-13H,5-6,9-10H2,(H,18,20)/t12-,13+/m0/s1. The lowest BCUT2D eigenvalue weighted by molar-refractivity contribution is 0.0749. The second-order valence-electron chi connectivity index (χ2n) is 6.25. The van der Waals surface area contributed by atoms with E-state index >= 15 is 0 Å². The van der Waals surface area contributed by atoms with Crippen LogP contribution in [-0.2, 0) is 0 Å². The highest BCUT2D eigenvalue weighted by molar-refractivity contribution is 7.12. The molecule has 1 saturated carbocycles. The number of hydrogen-bond donors (Lipinski definition) is 1. The van der Waals surface area contributed by atoms with Gasteiger partial charge in [-0.3, -0.25) is 9.59 Å². The summed E-state index contributed by atoms with van der Waals surface area (Å²) in [7, 11) is 0. The molecule has 5 nitrogen and oxygen atoms in total. The van der Waals surface area contributed by atoms with Crippen LogP contribution in [-0.4, -0.2) is 35.8 Å². The number of rotatable bonds is 4. The molecule has 1 saturated heterocycles. The fourth-order valence-electron chi connectivity index (χ4n) is 3.35. The van der Waals surface area contributed by atoms with E-state index in [0.29, 0.717) is 30.7 Å². The topological polar surface area (TPSA) is 62.6 Å². The minimum atomic E-state index is -0.0893. The summed E-state index contributed by atoms with van der Waals surface area (Å²) < 4.78 is 5.22. The number of nitrogens with one attached hydrogen (secondary N) is 1. The van der Waals surface area contributed by atoms with Crippen molar-refractivity contribution in [3.8, 4) is 0 Å². The molecular weight excluding hydrogens is 312 g/mol. The van der Waals surface area contributed by atoms with Crippen LogP contribution in [0.3, 0.4) is 0 Å². The van der Waals surface area contributed by atoms with Crippen LogP contribution in [0.25, 0.3) is 0 Å². The molecule has 4 rings (SSSR count). The molecule has 0 bridgehead atoms. The largest absolute Gasteiger partial charge is 0.459 e. The monoisotopic (exact) mass is 330 g/mol. The van der Waals surface area contributed by atoms with E-state index in [0.717, 1.165) is 4.88 Å². The Balaban J connectivity index is 1.47. The molecule has 0 aromatic carbocycles. The second kappa shape index (κ2) is 5.85. The lowest BCUT2D eigenvalue weighted by Gasteiger charge is -2.18. The van der Waals surface area contributed by atoms with Gasteiger partial charge >= 0.3 is 0 Å². The van der Waals surface area contributed by atoms with Crippen LogP contribution in [0.4, 0.5) is 0 Å². The van der Waals surface area contributed by atoms with Crippen molar-refractivity contribution in [2.75, 3.05) is 13.1 Å². The maximum absolute atomic E-state index is 12.5. The minimum absolute atomic E-state index is 0.0241. The van der Waals surface area contributed by atoms with Crippen molar-refractivity contribution in [2.24, 2.45) is 11.8 Å². The fourth-order valence-corrected chi connectivity index (χ4v) is 3.98. The molecule has 3 heterocycles. The third-order valence-corrected chi connectivity index (χ3v) is 5.54.